The van der Waals surface area contributed by atoms with Crippen molar-refractivity contribution in [3.05, 3.63) is 59.2 Å². The van der Waals surface area contributed by atoms with Gasteiger partial charge in [0.1, 0.15) is 5.75 Å². The molecule has 29 heavy (non-hydrogen) atoms. The molecular weight excluding hydrogens is 386 g/mol. The van der Waals surface area contributed by atoms with Crippen molar-refractivity contribution in [1.29, 1.82) is 0 Å². The molecule has 154 valence electrons. The third-order valence-corrected chi connectivity index (χ3v) is 6.00. The summed E-state index contributed by atoms with van der Waals surface area (Å²) in [5, 5.41) is 2.97. The first kappa shape index (κ1) is 21.2. The molecule has 1 heterocycles. The molecule has 0 radical (unpaired) electrons. The zero-order valence-corrected chi connectivity index (χ0v) is 17.9. The molecule has 0 saturated carbocycles. The van der Waals surface area contributed by atoms with Crippen LogP contribution in [-0.2, 0) is 14.3 Å². The van der Waals surface area contributed by atoms with E-state index in [1.807, 2.05) is 24.3 Å². The van der Waals surface area contributed by atoms with Gasteiger partial charge in [-0.3, -0.25) is 9.59 Å². The number of para-hydroxylation sites is 1. The van der Waals surface area contributed by atoms with E-state index in [9.17, 15) is 9.59 Å². The van der Waals surface area contributed by atoms with Crippen LogP contribution < -0.4 is 10.1 Å². The van der Waals surface area contributed by atoms with Crippen molar-refractivity contribution in [2.75, 3.05) is 12.4 Å². The number of carbonyl (C=O) groups excluding carboxylic acids is 2. The Morgan fingerprint density at radius 1 is 1.21 bits per heavy atom. The Hall–Kier alpha value is -2.47. The molecule has 0 aliphatic carbocycles. The van der Waals surface area contributed by atoms with Crippen molar-refractivity contribution in [2.45, 2.75) is 50.7 Å². The summed E-state index contributed by atoms with van der Waals surface area (Å²) in [6, 6.07) is 13.8. The van der Waals surface area contributed by atoms with E-state index >= 15 is 0 Å². The molecule has 1 aliphatic heterocycles. The van der Waals surface area contributed by atoms with Crippen molar-refractivity contribution in [3.8, 4) is 5.75 Å². The van der Waals surface area contributed by atoms with Gasteiger partial charge in [-0.05, 0) is 50.1 Å². The molecule has 0 bridgehead atoms. The molecule has 1 N–H and O–H groups in total. The topological polar surface area (TPSA) is 64.6 Å². The van der Waals surface area contributed by atoms with Crippen LogP contribution in [0.1, 0.15) is 42.5 Å². The fraction of sp³-hybridized carbons (Fsp3) is 0.391. The van der Waals surface area contributed by atoms with E-state index in [1.54, 1.807) is 18.7 Å². The number of thioether (sulfide) groups is 1. The van der Waals surface area contributed by atoms with Gasteiger partial charge in [-0.15, -0.1) is 11.8 Å². The second-order valence-electron chi connectivity index (χ2n) is 7.21. The predicted molar refractivity (Wildman–Crippen MR) is 114 cm³/mol. The number of amides is 1. The highest BCUT2D eigenvalue weighted by Crippen LogP contribution is 2.31. The Balaban J connectivity index is 1.44. The maximum Gasteiger partial charge on any atom is 0.307 e. The van der Waals surface area contributed by atoms with Gasteiger partial charge in [-0.1, -0.05) is 24.3 Å². The van der Waals surface area contributed by atoms with Crippen LogP contribution in [0.4, 0.5) is 0 Å². The van der Waals surface area contributed by atoms with Crippen molar-refractivity contribution in [1.82, 2.24) is 5.32 Å². The van der Waals surface area contributed by atoms with E-state index in [0.29, 0.717) is 18.8 Å². The molecule has 3 rings (SSSR count). The zero-order chi connectivity index (χ0) is 20.8. The summed E-state index contributed by atoms with van der Waals surface area (Å²) in [5.74, 6) is 0.749. The van der Waals surface area contributed by atoms with Crippen LogP contribution in [0.5, 0.6) is 5.75 Å². The number of ether oxygens (including phenoxy) is 2. The van der Waals surface area contributed by atoms with Crippen LogP contribution in [0.3, 0.4) is 0 Å². The molecule has 5 nitrogen and oxygen atoms in total. The molecule has 2 aromatic rings. The molecule has 2 aromatic carbocycles. The van der Waals surface area contributed by atoms with Gasteiger partial charge in [-0.25, -0.2) is 0 Å². The minimum atomic E-state index is -0.830. The number of aryl methyl sites for hydroxylation is 2. The van der Waals surface area contributed by atoms with Crippen LogP contribution in [0.15, 0.2) is 47.4 Å². The number of nitrogens with one attached hydrogen (secondary N) is 1. The van der Waals surface area contributed by atoms with E-state index in [2.05, 4.69) is 37.4 Å². The molecule has 2 unspecified atom stereocenters. The molecular formula is C23H27NO4S. The van der Waals surface area contributed by atoms with E-state index in [4.69, 9.17) is 9.47 Å². The van der Waals surface area contributed by atoms with Crippen LogP contribution >= 0.6 is 11.8 Å². The van der Waals surface area contributed by atoms with Gasteiger partial charge in [-0.2, -0.15) is 0 Å². The quantitative estimate of drug-likeness (QED) is 0.540. The zero-order valence-electron chi connectivity index (χ0n) is 17.1. The molecule has 1 aliphatic rings. The third kappa shape index (κ3) is 5.76. The van der Waals surface area contributed by atoms with Crippen LogP contribution in [0.2, 0.25) is 0 Å². The van der Waals surface area contributed by atoms with E-state index < -0.39 is 6.10 Å². The fourth-order valence-corrected chi connectivity index (χ4v) is 4.08. The van der Waals surface area contributed by atoms with Crippen LogP contribution in [-0.4, -0.2) is 30.3 Å². The number of fused-ring (bicyclic) bond motifs is 1. The van der Waals surface area contributed by atoms with Crippen LogP contribution in [0.25, 0.3) is 0 Å². The average molecular weight is 414 g/mol. The van der Waals surface area contributed by atoms with E-state index in [0.717, 1.165) is 16.2 Å². The maximum absolute atomic E-state index is 12.5. The lowest BCUT2D eigenvalue weighted by molar-refractivity contribution is -0.154. The summed E-state index contributed by atoms with van der Waals surface area (Å²) in [7, 11) is 0. The number of rotatable bonds is 7. The highest BCUT2D eigenvalue weighted by Gasteiger charge is 2.26. The number of esters is 1. The molecule has 2 atom stereocenters. The van der Waals surface area contributed by atoms with Crippen molar-refractivity contribution in [3.63, 3.8) is 0 Å². The minimum Gasteiger partial charge on any atom is -0.493 e. The molecule has 1 amide bonds. The van der Waals surface area contributed by atoms with Crippen molar-refractivity contribution in [2.24, 2.45) is 0 Å². The van der Waals surface area contributed by atoms with Gasteiger partial charge in [0, 0.05) is 22.6 Å². The SMILES string of the molecule is Cc1ccc(SCCC(=O)OC(C)C(=O)NC2CCOc3ccccc32)cc1C. The molecule has 0 fully saturated rings. The normalized spacial score (nSPS) is 16.3. The summed E-state index contributed by atoms with van der Waals surface area (Å²) < 4.78 is 10.9. The summed E-state index contributed by atoms with van der Waals surface area (Å²) >= 11 is 1.61. The Labute approximate surface area is 176 Å². The smallest absolute Gasteiger partial charge is 0.307 e. The largest absolute Gasteiger partial charge is 0.493 e. The lowest BCUT2D eigenvalue weighted by Crippen LogP contribution is -2.39. The van der Waals surface area contributed by atoms with Crippen LogP contribution in [0, 0.1) is 13.8 Å². The number of carbonyl (C=O) groups is 2. The van der Waals surface area contributed by atoms with E-state index in [-0.39, 0.29) is 24.3 Å². The number of hydrogen-bond acceptors (Lipinski definition) is 5. The predicted octanol–water partition coefficient (Wildman–Crippen LogP) is 4.36. The molecule has 6 heteroatoms. The van der Waals surface area contributed by atoms with Gasteiger partial charge in [0.05, 0.1) is 19.1 Å². The first-order valence-electron chi connectivity index (χ1n) is 9.85. The molecule has 0 aromatic heterocycles. The van der Waals surface area contributed by atoms with Crippen molar-refractivity contribution >= 4 is 23.6 Å². The highest BCUT2D eigenvalue weighted by molar-refractivity contribution is 7.99. The summed E-state index contributed by atoms with van der Waals surface area (Å²) in [5.41, 5.74) is 3.44. The highest BCUT2D eigenvalue weighted by atomic mass is 32.2. The van der Waals surface area contributed by atoms with Gasteiger partial charge in [0.2, 0.25) is 0 Å². The standard InChI is InChI=1S/C23H27NO4S/c1-15-8-9-18(14-16(15)2)29-13-11-22(25)28-17(3)23(26)24-20-10-12-27-21-7-5-4-6-19(20)21/h4-9,14,17,20H,10-13H2,1-3H3,(H,24,26). The Morgan fingerprint density at radius 3 is 2.79 bits per heavy atom. The van der Waals surface area contributed by atoms with Gasteiger partial charge < -0.3 is 14.8 Å². The Morgan fingerprint density at radius 2 is 2.00 bits per heavy atom. The fourth-order valence-electron chi connectivity index (χ4n) is 3.15. The maximum atomic E-state index is 12.5. The average Bonchev–Trinajstić information content (AvgIpc) is 2.71. The van der Waals surface area contributed by atoms with Gasteiger partial charge in [0.25, 0.3) is 5.91 Å². The molecule has 0 saturated heterocycles. The van der Waals surface area contributed by atoms with E-state index in [1.165, 1.54) is 11.1 Å². The lowest BCUT2D eigenvalue weighted by Gasteiger charge is -2.27. The second kappa shape index (κ2) is 9.83. The third-order valence-electron chi connectivity index (χ3n) is 5.01. The van der Waals surface area contributed by atoms with Crippen molar-refractivity contribution < 1.29 is 19.1 Å². The Kier molecular flexibility index (Phi) is 7.20. The number of hydrogen-bond donors (Lipinski definition) is 1. The Bertz CT molecular complexity index is 883. The second-order valence-corrected chi connectivity index (χ2v) is 8.38. The monoisotopic (exact) mass is 413 g/mol. The summed E-state index contributed by atoms with van der Waals surface area (Å²) in [6.45, 7) is 6.30. The summed E-state index contributed by atoms with van der Waals surface area (Å²) in [6.07, 6.45) is 0.120. The first-order valence-corrected chi connectivity index (χ1v) is 10.8. The van der Waals surface area contributed by atoms with Gasteiger partial charge in [0.15, 0.2) is 6.10 Å². The molecule has 0 spiro atoms. The first-order chi connectivity index (χ1) is 13.9. The number of benzene rings is 2. The lowest BCUT2D eigenvalue weighted by atomic mass is 10.0. The summed E-state index contributed by atoms with van der Waals surface area (Å²) in [4.78, 5) is 25.7. The van der Waals surface area contributed by atoms with Gasteiger partial charge >= 0.3 is 5.97 Å². The minimum absolute atomic E-state index is 0.131.